The Labute approximate surface area is 161 Å². The molecule has 0 aliphatic carbocycles. The van der Waals surface area contributed by atoms with Crippen molar-refractivity contribution in [2.75, 3.05) is 11.1 Å². The van der Waals surface area contributed by atoms with E-state index in [1.54, 1.807) is 6.20 Å². The zero-order valence-electron chi connectivity index (χ0n) is 14.2. The molecule has 0 bridgehead atoms. The normalized spacial score (nSPS) is 10.9. The maximum Gasteiger partial charge on any atom is 0.234 e. The van der Waals surface area contributed by atoms with E-state index in [1.165, 1.54) is 6.07 Å². The molecule has 2 aromatic heterocycles. The van der Waals surface area contributed by atoms with E-state index >= 15 is 0 Å². The molecule has 0 saturated carbocycles. The van der Waals surface area contributed by atoms with Gasteiger partial charge in [-0.25, -0.2) is 13.8 Å². The molecule has 0 saturated heterocycles. The Morgan fingerprint density at radius 2 is 1.89 bits per heavy atom. The van der Waals surface area contributed by atoms with Gasteiger partial charge in [-0.2, -0.15) is 4.98 Å². The second-order valence-electron chi connectivity index (χ2n) is 5.68. The Morgan fingerprint density at radius 1 is 1.07 bits per heavy atom. The molecule has 0 fully saturated rings. The maximum absolute atomic E-state index is 13.2. The Hall–Kier alpha value is -3.40. The number of para-hydroxylation sites is 2. The van der Waals surface area contributed by atoms with Gasteiger partial charge in [-0.1, -0.05) is 23.9 Å². The van der Waals surface area contributed by atoms with E-state index in [0.29, 0.717) is 16.7 Å². The van der Waals surface area contributed by atoms with Gasteiger partial charge in [0.15, 0.2) is 17.5 Å². The van der Waals surface area contributed by atoms with Gasteiger partial charge in [-0.3, -0.25) is 14.9 Å². The number of hydrogen-bond donors (Lipinski definition) is 2. The maximum atomic E-state index is 13.2. The number of nitrogens with zero attached hydrogens (tertiary/aromatic N) is 4. The lowest BCUT2D eigenvalue weighted by atomic mass is 10.3. The lowest BCUT2D eigenvalue weighted by Gasteiger charge is -2.04. The molecule has 0 spiro atoms. The highest BCUT2D eigenvalue weighted by Crippen LogP contribution is 2.20. The van der Waals surface area contributed by atoms with Gasteiger partial charge in [-0.15, -0.1) is 5.10 Å². The molecule has 0 atom stereocenters. The number of carbonyl (C=O) groups excluding carboxylic acids is 1. The van der Waals surface area contributed by atoms with Crippen LogP contribution < -0.4 is 5.32 Å². The van der Waals surface area contributed by atoms with E-state index in [4.69, 9.17) is 0 Å². The van der Waals surface area contributed by atoms with Gasteiger partial charge >= 0.3 is 0 Å². The van der Waals surface area contributed by atoms with E-state index in [-0.39, 0.29) is 11.4 Å². The molecular weight excluding hydrogens is 386 g/mol. The van der Waals surface area contributed by atoms with Crippen molar-refractivity contribution in [3.05, 3.63) is 60.3 Å². The van der Waals surface area contributed by atoms with E-state index in [0.717, 1.165) is 34.9 Å². The second kappa shape index (κ2) is 7.69. The fourth-order valence-electron chi connectivity index (χ4n) is 2.40. The zero-order valence-corrected chi connectivity index (χ0v) is 15.0. The topological polar surface area (TPSA) is 96.5 Å². The number of benzene rings is 2. The van der Waals surface area contributed by atoms with Gasteiger partial charge in [0.05, 0.1) is 23.0 Å². The van der Waals surface area contributed by atoms with Gasteiger partial charge in [0.2, 0.25) is 11.1 Å². The van der Waals surface area contributed by atoms with Crippen LogP contribution >= 0.6 is 11.8 Å². The van der Waals surface area contributed by atoms with E-state index in [2.05, 4.69) is 30.5 Å². The van der Waals surface area contributed by atoms with Crippen LogP contribution in [0.5, 0.6) is 0 Å². The fourth-order valence-corrected chi connectivity index (χ4v) is 3.00. The third-order valence-electron chi connectivity index (χ3n) is 3.69. The number of rotatable bonds is 5. The van der Waals surface area contributed by atoms with Crippen molar-refractivity contribution >= 4 is 34.4 Å². The highest BCUT2D eigenvalue weighted by Gasteiger charge is 2.12. The van der Waals surface area contributed by atoms with Crippen molar-refractivity contribution in [1.82, 2.24) is 25.1 Å². The number of aromatic nitrogens is 5. The smallest absolute Gasteiger partial charge is 0.234 e. The summed E-state index contributed by atoms with van der Waals surface area (Å²) in [5.74, 6) is -1.97. The minimum atomic E-state index is -1.03. The van der Waals surface area contributed by atoms with Crippen molar-refractivity contribution in [2.24, 2.45) is 0 Å². The predicted octanol–water partition coefficient (Wildman–Crippen LogP) is 3.42. The monoisotopic (exact) mass is 398 g/mol. The van der Waals surface area contributed by atoms with Crippen LogP contribution in [0.1, 0.15) is 0 Å². The standard InChI is InChI=1S/C18H12F2N6OS/c19-11-6-5-10(7-12(11)20)22-16(27)9-28-18-24-17(25-26-18)15-8-21-13-3-1-2-4-14(13)23-15/h1-8H,9H2,(H,22,27)(H,24,25,26). The summed E-state index contributed by atoms with van der Waals surface area (Å²) >= 11 is 1.09. The highest BCUT2D eigenvalue weighted by molar-refractivity contribution is 7.99. The first-order valence-electron chi connectivity index (χ1n) is 8.11. The first-order chi connectivity index (χ1) is 13.6. The Morgan fingerprint density at radius 3 is 2.71 bits per heavy atom. The zero-order chi connectivity index (χ0) is 19.5. The summed E-state index contributed by atoms with van der Waals surface area (Å²) < 4.78 is 26.1. The molecule has 4 aromatic rings. The van der Waals surface area contributed by atoms with Crippen LogP contribution in [0, 0.1) is 11.6 Å². The minimum Gasteiger partial charge on any atom is -0.325 e. The number of amides is 1. The summed E-state index contributed by atoms with van der Waals surface area (Å²) in [6.45, 7) is 0. The van der Waals surface area contributed by atoms with Crippen molar-refractivity contribution in [3.8, 4) is 11.5 Å². The number of carbonyl (C=O) groups is 1. The summed E-state index contributed by atoms with van der Waals surface area (Å²) in [6, 6.07) is 10.6. The van der Waals surface area contributed by atoms with E-state index in [9.17, 15) is 13.6 Å². The van der Waals surface area contributed by atoms with Gasteiger partial charge in [0.25, 0.3) is 0 Å². The Bertz CT molecular complexity index is 1170. The average molecular weight is 398 g/mol. The molecule has 0 aliphatic heterocycles. The molecule has 0 unspecified atom stereocenters. The lowest BCUT2D eigenvalue weighted by molar-refractivity contribution is -0.113. The number of nitrogens with one attached hydrogen (secondary N) is 2. The van der Waals surface area contributed by atoms with Crippen molar-refractivity contribution in [2.45, 2.75) is 5.16 Å². The van der Waals surface area contributed by atoms with Crippen molar-refractivity contribution in [3.63, 3.8) is 0 Å². The van der Waals surface area contributed by atoms with Crippen LogP contribution in [0.4, 0.5) is 14.5 Å². The fraction of sp³-hybridized carbons (Fsp3) is 0.0556. The van der Waals surface area contributed by atoms with Gasteiger partial charge < -0.3 is 5.32 Å². The molecule has 140 valence electrons. The number of fused-ring (bicyclic) bond motifs is 1. The number of thioether (sulfide) groups is 1. The molecular formula is C18H12F2N6OS. The average Bonchev–Trinajstić information content (AvgIpc) is 3.18. The molecule has 2 N–H and O–H groups in total. The second-order valence-corrected chi connectivity index (χ2v) is 6.62. The largest absolute Gasteiger partial charge is 0.325 e. The number of anilines is 1. The summed E-state index contributed by atoms with van der Waals surface area (Å²) in [6.07, 6.45) is 1.59. The summed E-state index contributed by atoms with van der Waals surface area (Å²) in [7, 11) is 0. The number of hydrogen-bond acceptors (Lipinski definition) is 6. The summed E-state index contributed by atoms with van der Waals surface area (Å²) in [4.78, 5) is 25.1. The molecule has 2 aromatic carbocycles. The summed E-state index contributed by atoms with van der Waals surface area (Å²) in [5.41, 5.74) is 2.21. The molecule has 1 amide bonds. The first-order valence-corrected chi connectivity index (χ1v) is 9.09. The third-order valence-corrected chi connectivity index (χ3v) is 4.54. The van der Waals surface area contributed by atoms with Crippen LogP contribution in [0.2, 0.25) is 0 Å². The third kappa shape index (κ3) is 3.96. The Kier molecular flexibility index (Phi) is 4.94. The van der Waals surface area contributed by atoms with Crippen molar-refractivity contribution < 1.29 is 13.6 Å². The molecule has 4 rings (SSSR count). The van der Waals surface area contributed by atoms with Crippen molar-refractivity contribution in [1.29, 1.82) is 0 Å². The van der Waals surface area contributed by atoms with E-state index < -0.39 is 17.5 Å². The number of halogens is 2. The molecule has 0 radical (unpaired) electrons. The molecule has 10 heteroatoms. The van der Waals surface area contributed by atoms with Gasteiger partial charge in [0.1, 0.15) is 5.69 Å². The highest BCUT2D eigenvalue weighted by atomic mass is 32.2. The predicted molar refractivity (Wildman–Crippen MR) is 101 cm³/mol. The van der Waals surface area contributed by atoms with Gasteiger partial charge in [-0.05, 0) is 24.3 Å². The SMILES string of the molecule is O=C(CSc1n[nH]c(-c2cnc3ccccc3n2)n1)Nc1ccc(F)c(F)c1. The first kappa shape index (κ1) is 18.0. The van der Waals surface area contributed by atoms with Crippen LogP contribution in [0.3, 0.4) is 0 Å². The number of aromatic amines is 1. The minimum absolute atomic E-state index is 0.000310. The van der Waals surface area contributed by atoms with Gasteiger partial charge in [0, 0.05) is 11.8 Å². The van der Waals surface area contributed by atoms with Crippen LogP contribution in [-0.4, -0.2) is 36.8 Å². The molecule has 28 heavy (non-hydrogen) atoms. The summed E-state index contributed by atoms with van der Waals surface area (Å²) in [5, 5.41) is 9.65. The van der Waals surface area contributed by atoms with Crippen LogP contribution in [-0.2, 0) is 4.79 Å². The number of H-pyrrole nitrogens is 1. The molecule has 2 heterocycles. The van der Waals surface area contributed by atoms with Crippen LogP contribution in [0.15, 0.2) is 53.8 Å². The van der Waals surface area contributed by atoms with Crippen LogP contribution in [0.25, 0.3) is 22.6 Å². The molecule has 0 aliphatic rings. The quantitative estimate of drug-likeness (QED) is 0.500. The van der Waals surface area contributed by atoms with E-state index in [1.807, 2.05) is 24.3 Å². The molecule has 7 nitrogen and oxygen atoms in total. The Balaban J connectivity index is 1.40. The lowest BCUT2D eigenvalue weighted by Crippen LogP contribution is -2.14.